The smallest absolute Gasteiger partial charge is 0.165 e. The van der Waals surface area contributed by atoms with Gasteiger partial charge in [0.05, 0.1) is 19.4 Å². The van der Waals surface area contributed by atoms with Crippen molar-refractivity contribution >= 4 is 0 Å². The van der Waals surface area contributed by atoms with Crippen molar-refractivity contribution in [3.05, 3.63) is 47.0 Å². The number of benzene rings is 1. The molecule has 1 aliphatic carbocycles. The molecule has 2 aromatic rings. The first kappa shape index (κ1) is 16.5. The maximum absolute atomic E-state index is 13.9. The molecule has 134 valence electrons. The number of rotatable bonds is 5. The molecule has 0 saturated carbocycles. The summed E-state index contributed by atoms with van der Waals surface area (Å²) in [5, 5.41) is 10.6. The van der Waals surface area contributed by atoms with Gasteiger partial charge in [-0.25, -0.2) is 4.39 Å². The monoisotopic (exact) mass is 345 g/mol. The highest BCUT2D eigenvalue weighted by atomic mass is 19.1. The first-order chi connectivity index (χ1) is 12.3. The summed E-state index contributed by atoms with van der Waals surface area (Å²) in [4.78, 5) is 0. The molecule has 2 aliphatic rings. The molecule has 1 aromatic heterocycles. The van der Waals surface area contributed by atoms with E-state index in [9.17, 15) is 4.39 Å². The maximum Gasteiger partial charge on any atom is 0.165 e. The number of ether oxygens (including phenoxy) is 2. The Morgan fingerprint density at radius 1 is 1.40 bits per heavy atom. The summed E-state index contributed by atoms with van der Waals surface area (Å²) in [6, 6.07) is 3.71. The van der Waals surface area contributed by atoms with Crippen LogP contribution < -0.4 is 10.1 Å². The fourth-order valence-electron chi connectivity index (χ4n) is 4.11. The SMILES string of the molecule is COc1cc2c(cc1F)CCC2NC[C@@H]1CCCO[C@H]1c1cn[nH]c1. The molecule has 1 fully saturated rings. The summed E-state index contributed by atoms with van der Waals surface area (Å²) >= 11 is 0. The summed E-state index contributed by atoms with van der Waals surface area (Å²) in [5.41, 5.74) is 3.36. The Kier molecular flexibility index (Phi) is 4.72. The molecule has 1 unspecified atom stereocenters. The molecule has 1 aromatic carbocycles. The second-order valence-electron chi connectivity index (χ2n) is 6.91. The number of fused-ring (bicyclic) bond motifs is 1. The quantitative estimate of drug-likeness (QED) is 0.873. The Balaban J connectivity index is 1.45. The van der Waals surface area contributed by atoms with Crippen molar-refractivity contribution in [2.45, 2.75) is 37.8 Å². The first-order valence-electron chi connectivity index (χ1n) is 8.96. The molecule has 2 heterocycles. The maximum atomic E-state index is 13.9. The minimum Gasteiger partial charge on any atom is -0.494 e. The van der Waals surface area contributed by atoms with E-state index in [1.54, 1.807) is 6.07 Å². The highest BCUT2D eigenvalue weighted by Gasteiger charge is 2.30. The van der Waals surface area contributed by atoms with Crippen LogP contribution in [0.15, 0.2) is 24.5 Å². The van der Waals surface area contributed by atoms with E-state index in [2.05, 4.69) is 15.5 Å². The van der Waals surface area contributed by atoms with Gasteiger partial charge in [-0.1, -0.05) is 0 Å². The molecule has 2 N–H and O–H groups in total. The molecule has 0 amide bonds. The molecular formula is C19H24FN3O2. The van der Waals surface area contributed by atoms with Crippen molar-refractivity contribution < 1.29 is 13.9 Å². The van der Waals surface area contributed by atoms with Crippen molar-refractivity contribution in [1.82, 2.24) is 15.5 Å². The first-order valence-corrected chi connectivity index (χ1v) is 8.96. The molecule has 3 atom stereocenters. The van der Waals surface area contributed by atoms with Gasteiger partial charge in [0.15, 0.2) is 11.6 Å². The molecule has 5 nitrogen and oxygen atoms in total. The van der Waals surface area contributed by atoms with Gasteiger partial charge >= 0.3 is 0 Å². The van der Waals surface area contributed by atoms with E-state index in [4.69, 9.17) is 9.47 Å². The lowest BCUT2D eigenvalue weighted by atomic mass is 9.90. The van der Waals surface area contributed by atoms with Crippen LogP contribution in [0, 0.1) is 11.7 Å². The number of H-pyrrole nitrogens is 1. The molecule has 6 heteroatoms. The van der Waals surface area contributed by atoms with Gasteiger partial charge < -0.3 is 14.8 Å². The highest BCUT2D eigenvalue weighted by Crippen LogP contribution is 2.37. The summed E-state index contributed by atoms with van der Waals surface area (Å²) in [6.07, 6.45) is 7.97. The van der Waals surface area contributed by atoms with Crippen molar-refractivity contribution in [3.8, 4) is 5.75 Å². The fourth-order valence-corrected chi connectivity index (χ4v) is 4.11. The van der Waals surface area contributed by atoms with Crippen molar-refractivity contribution in [3.63, 3.8) is 0 Å². The van der Waals surface area contributed by atoms with E-state index in [1.807, 2.05) is 18.5 Å². The third kappa shape index (κ3) is 3.28. The van der Waals surface area contributed by atoms with E-state index < -0.39 is 0 Å². The van der Waals surface area contributed by atoms with E-state index >= 15 is 0 Å². The van der Waals surface area contributed by atoms with Gasteiger partial charge in [-0.2, -0.15) is 5.10 Å². The standard InChI is InChI=1S/C19H24FN3O2/c1-24-18-8-15-12(7-16(18)20)4-5-17(15)21-9-13-3-2-6-25-19(13)14-10-22-23-11-14/h7-8,10-11,13,17,19,21H,2-6,9H2,1H3,(H,22,23)/t13-,17?,19+/m0/s1. The second-order valence-corrected chi connectivity index (χ2v) is 6.91. The predicted molar refractivity (Wildman–Crippen MR) is 92.0 cm³/mol. The van der Waals surface area contributed by atoms with Crippen LogP contribution in [0.4, 0.5) is 4.39 Å². The molecule has 1 aliphatic heterocycles. The van der Waals surface area contributed by atoms with Gasteiger partial charge in [0, 0.05) is 36.9 Å². The van der Waals surface area contributed by atoms with Crippen LogP contribution in [0.5, 0.6) is 5.75 Å². The number of aromatic nitrogens is 2. The zero-order valence-corrected chi connectivity index (χ0v) is 14.4. The number of hydrogen-bond donors (Lipinski definition) is 2. The van der Waals surface area contributed by atoms with Crippen LogP contribution in [-0.2, 0) is 11.2 Å². The predicted octanol–water partition coefficient (Wildman–Crippen LogP) is 3.30. The number of aromatic amines is 1. The molecule has 0 bridgehead atoms. The molecule has 25 heavy (non-hydrogen) atoms. The van der Waals surface area contributed by atoms with Crippen LogP contribution >= 0.6 is 0 Å². The number of methoxy groups -OCH3 is 1. The lowest BCUT2D eigenvalue weighted by molar-refractivity contribution is -0.0285. The third-order valence-corrected chi connectivity index (χ3v) is 5.41. The topological polar surface area (TPSA) is 59.2 Å². The lowest BCUT2D eigenvalue weighted by Crippen LogP contribution is -2.33. The van der Waals surface area contributed by atoms with Crippen molar-refractivity contribution in [2.24, 2.45) is 5.92 Å². The normalized spacial score (nSPS) is 25.8. The number of aryl methyl sites for hydroxylation is 1. The van der Waals surface area contributed by atoms with Crippen LogP contribution in [0.1, 0.15) is 48.1 Å². The number of hydrogen-bond acceptors (Lipinski definition) is 4. The van der Waals surface area contributed by atoms with E-state index in [0.29, 0.717) is 11.7 Å². The minimum absolute atomic E-state index is 0.0867. The molecular weight excluding hydrogens is 321 g/mol. The Bertz CT molecular complexity index is 720. The van der Waals surface area contributed by atoms with E-state index in [1.165, 1.54) is 7.11 Å². The minimum atomic E-state index is -0.275. The van der Waals surface area contributed by atoms with Gasteiger partial charge in [-0.3, -0.25) is 5.10 Å². The summed E-state index contributed by atoms with van der Waals surface area (Å²) in [6.45, 7) is 1.68. The largest absolute Gasteiger partial charge is 0.494 e. The summed E-state index contributed by atoms with van der Waals surface area (Å²) < 4.78 is 25.0. The summed E-state index contributed by atoms with van der Waals surface area (Å²) in [5.74, 6) is 0.463. The van der Waals surface area contributed by atoms with Gasteiger partial charge in [0.2, 0.25) is 0 Å². The molecule has 0 radical (unpaired) electrons. The van der Waals surface area contributed by atoms with Gasteiger partial charge in [-0.05, 0) is 48.9 Å². The average Bonchev–Trinajstić information content (AvgIpc) is 3.29. The Labute approximate surface area is 146 Å². The molecule has 4 rings (SSSR count). The van der Waals surface area contributed by atoms with Gasteiger partial charge in [-0.15, -0.1) is 0 Å². The molecule has 0 spiro atoms. The summed E-state index contributed by atoms with van der Waals surface area (Å²) in [7, 11) is 1.51. The van der Waals surface area contributed by atoms with Gasteiger partial charge in [0.25, 0.3) is 0 Å². The number of nitrogens with one attached hydrogen (secondary N) is 2. The van der Waals surface area contributed by atoms with E-state index in [0.717, 1.165) is 55.5 Å². The van der Waals surface area contributed by atoms with Crippen LogP contribution in [0.25, 0.3) is 0 Å². The van der Waals surface area contributed by atoms with E-state index in [-0.39, 0.29) is 18.0 Å². The zero-order chi connectivity index (χ0) is 17.2. The third-order valence-electron chi connectivity index (χ3n) is 5.41. The van der Waals surface area contributed by atoms with Crippen LogP contribution in [0.2, 0.25) is 0 Å². The molecule has 1 saturated heterocycles. The highest BCUT2D eigenvalue weighted by molar-refractivity contribution is 5.41. The fraction of sp³-hybridized carbons (Fsp3) is 0.526. The van der Waals surface area contributed by atoms with Crippen molar-refractivity contribution in [1.29, 1.82) is 0 Å². The zero-order valence-electron chi connectivity index (χ0n) is 14.4. The lowest BCUT2D eigenvalue weighted by Gasteiger charge is -2.32. The van der Waals surface area contributed by atoms with Gasteiger partial charge in [0.1, 0.15) is 0 Å². The Hall–Kier alpha value is -1.92. The second kappa shape index (κ2) is 7.14. The Morgan fingerprint density at radius 3 is 3.12 bits per heavy atom. The van der Waals surface area contributed by atoms with Crippen LogP contribution in [-0.4, -0.2) is 30.5 Å². The van der Waals surface area contributed by atoms with Crippen LogP contribution in [0.3, 0.4) is 0 Å². The average molecular weight is 345 g/mol. The number of nitrogens with zero attached hydrogens (tertiary/aromatic N) is 1. The Morgan fingerprint density at radius 2 is 2.32 bits per heavy atom. The van der Waals surface area contributed by atoms with Crippen molar-refractivity contribution in [2.75, 3.05) is 20.3 Å². The number of halogens is 1.